The van der Waals surface area contributed by atoms with Crippen molar-refractivity contribution in [2.24, 2.45) is 5.92 Å². The van der Waals surface area contributed by atoms with E-state index in [-0.39, 0.29) is 23.2 Å². The Morgan fingerprint density at radius 3 is 2.58 bits per heavy atom. The maximum Gasteiger partial charge on any atom is 0.251 e. The van der Waals surface area contributed by atoms with Gasteiger partial charge < -0.3 is 10.3 Å². The number of carbonyl (C=O) groups excluding carboxylic acids is 1. The van der Waals surface area contributed by atoms with Gasteiger partial charge in [0.15, 0.2) is 0 Å². The molecule has 31 heavy (non-hydrogen) atoms. The molecule has 1 amide bonds. The van der Waals surface area contributed by atoms with Crippen molar-refractivity contribution in [3.8, 4) is 0 Å². The Balaban J connectivity index is 1.42. The molecule has 0 aliphatic carbocycles. The molecule has 0 spiro atoms. The van der Waals surface area contributed by atoms with E-state index in [1.54, 1.807) is 19.1 Å². The van der Waals surface area contributed by atoms with E-state index < -0.39 is 6.04 Å². The lowest BCUT2D eigenvalue weighted by atomic mass is 9.95. The number of H-pyrrole nitrogens is 1. The number of aromatic amines is 1. The third kappa shape index (κ3) is 5.44. The molecule has 1 atom stereocenters. The van der Waals surface area contributed by atoms with Crippen LogP contribution in [0.25, 0.3) is 0 Å². The number of carbonyl (C=O) groups is 1. The van der Waals surface area contributed by atoms with Crippen LogP contribution in [0.4, 0.5) is 4.39 Å². The minimum absolute atomic E-state index is 0.0415. The first-order valence-corrected chi connectivity index (χ1v) is 10.4. The lowest BCUT2D eigenvalue weighted by molar-refractivity contribution is -0.131. The molecule has 1 aromatic heterocycles. The Hall–Kier alpha value is -3.32. The predicted molar refractivity (Wildman–Crippen MR) is 116 cm³/mol. The van der Waals surface area contributed by atoms with Crippen LogP contribution in [0.3, 0.4) is 0 Å². The van der Waals surface area contributed by atoms with E-state index in [1.165, 1.54) is 23.8 Å². The quantitative estimate of drug-likeness (QED) is 0.616. The fraction of sp³-hybridized carbons (Fsp3) is 0.292. The second-order valence-corrected chi connectivity index (χ2v) is 8.02. The van der Waals surface area contributed by atoms with Gasteiger partial charge in [-0.25, -0.2) is 9.37 Å². The van der Waals surface area contributed by atoms with Crippen LogP contribution in [0.1, 0.15) is 28.7 Å². The number of likely N-dealkylation sites (tertiary alicyclic amines) is 1. The lowest BCUT2D eigenvalue weighted by Crippen LogP contribution is -2.53. The van der Waals surface area contributed by atoms with Gasteiger partial charge in [-0.1, -0.05) is 42.5 Å². The molecule has 1 unspecified atom stereocenters. The molecule has 2 heterocycles. The molecule has 3 aromatic rings. The molecular weight excluding hydrogens is 395 g/mol. The van der Waals surface area contributed by atoms with Gasteiger partial charge in [-0.15, -0.1) is 0 Å². The van der Waals surface area contributed by atoms with Gasteiger partial charge in [0.1, 0.15) is 11.6 Å². The van der Waals surface area contributed by atoms with Gasteiger partial charge in [0, 0.05) is 32.1 Å². The Bertz CT molecular complexity index is 1090. The number of aryl methyl sites for hydroxylation is 1. The Morgan fingerprint density at radius 1 is 1.19 bits per heavy atom. The lowest BCUT2D eigenvalue weighted by Gasteiger charge is -2.39. The molecular formula is C24H25FN4O2. The molecule has 4 rings (SSSR count). The van der Waals surface area contributed by atoms with Crippen LogP contribution in [-0.4, -0.2) is 33.9 Å². The van der Waals surface area contributed by atoms with Gasteiger partial charge in [0.05, 0.1) is 17.7 Å². The average Bonchev–Trinajstić information content (AvgIpc) is 2.70. The number of halogens is 1. The van der Waals surface area contributed by atoms with Crippen molar-refractivity contribution in [1.82, 2.24) is 20.2 Å². The van der Waals surface area contributed by atoms with Crippen LogP contribution in [0.2, 0.25) is 0 Å². The maximum absolute atomic E-state index is 13.4. The average molecular weight is 420 g/mol. The van der Waals surface area contributed by atoms with E-state index in [9.17, 15) is 14.0 Å². The first-order chi connectivity index (χ1) is 15.0. The van der Waals surface area contributed by atoms with Crippen molar-refractivity contribution in [2.75, 3.05) is 13.1 Å². The number of aromatic nitrogens is 2. The van der Waals surface area contributed by atoms with Gasteiger partial charge in [-0.3, -0.25) is 14.5 Å². The van der Waals surface area contributed by atoms with Crippen molar-refractivity contribution >= 4 is 5.91 Å². The molecule has 0 saturated carbocycles. The summed E-state index contributed by atoms with van der Waals surface area (Å²) in [6, 6.07) is 17.3. The number of hydrogen-bond acceptors (Lipinski definition) is 4. The van der Waals surface area contributed by atoms with E-state index >= 15 is 0 Å². The minimum Gasteiger partial charge on any atom is -0.349 e. The summed E-state index contributed by atoms with van der Waals surface area (Å²) in [6.07, 6.45) is 0.350. The van der Waals surface area contributed by atoms with Gasteiger partial charge in [-0.05, 0) is 30.2 Å². The van der Waals surface area contributed by atoms with Gasteiger partial charge in [0.2, 0.25) is 5.91 Å². The Morgan fingerprint density at radius 2 is 1.90 bits per heavy atom. The van der Waals surface area contributed by atoms with Crippen LogP contribution < -0.4 is 10.9 Å². The van der Waals surface area contributed by atoms with E-state index in [0.29, 0.717) is 31.0 Å². The first-order valence-electron chi connectivity index (χ1n) is 10.4. The monoisotopic (exact) mass is 420 g/mol. The number of hydrogen-bond donors (Lipinski definition) is 2. The van der Waals surface area contributed by atoms with E-state index in [1.807, 2.05) is 18.2 Å². The summed E-state index contributed by atoms with van der Waals surface area (Å²) >= 11 is 0. The summed E-state index contributed by atoms with van der Waals surface area (Å²) in [4.78, 5) is 33.9. The highest BCUT2D eigenvalue weighted by atomic mass is 19.1. The largest absolute Gasteiger partial charge is 0.349 e. The zero-order valence-corrected chi connectivity index (χ0v) is 17.3. The Labute approximate surface area is 180 Å². The minimum atomic E-state index is -0.398. The number of nitrogens with one attached hydrogen (secondary N) is 2. The zero-order chi connectivity index (χ0) is 21.8. The maximum atomic E-state index is 13.4. The van der Waals surface area contributed by atoms with E-state index in [4.69, 9.17) is 0 Å². The van der Waals surface area contributed by atoms with Gasteiger partial charge >= 0.3 is 0 Å². The second-order valence-electron chi connectivity index (χ2n) is 8.02. The van der Waals surface area contributed by atoms with Crippen LogP contribution >= 0.6 is 0 Å². The molecule has 160 valence electrons. The number of benzene rings is 2. The molecule has 0 bridgehead atoms. The van der Waals surface area contributed by atoms with Crippen molar-refractivity contribution in [1.29, 1.82) is 0 Å². The molecule has 1 fully saturated rings. The third-order valence-corrected chi connectivity index (χ3v) is 5.49. The summed E-state index contributed by atoms with van der Waals surface area (Å²) in [5.74, 6) is 0.0393. The van der Waals surface area contributed by atoms with Gasteiger partial charge in [0.25, 0.3) is 5.56 Å². The summed E-state index contributed by atoms with van der Waals surface area (Å²) in [5, 5.41) is 3.09. The summed E-state index contributed by atoms with van der Waals surface area (Å²) < 4.78 is 13.4. The molecule has 6 nitrogen and oxygen atoms in total. The molecule has 2 aromatic carbocycles. The number of rotatable bonds is 7. The number of amides is 1. The summed E-state index contributed by atoms with van der Waals surface area (Å²) in [5.41, 5.74) is 2.34. The van der Waals surface area contributed by atoms with Crippen LogP contribution in [0.15, 0.2) is 65.5 Å². The van der Waals surface area contributed by atoms with Crippen LogP contribution in [0, 0.1) is 18.7 Å². The molecule has 1 aliphatic rings. The smallest absolute Gasteiger partial charge is 0.251 e. The molecule has 2 N–H and O–H groups in total. The molecule has 1 aliphatic heterocycles. The highest BCUT2D eigenvalue weighted by Crippen LogP contribution is 2.22. The van der Waals surface area contributed by atoms with E-state index in [0.717, 1.165) is 12.1 Å². The highest BCUT2D eigenvalue weighted by molar-refractivity contribution is 5.80. The predicted octanol–water partition coefficient (Wildman–Crippen LogP) is 2.75. The molecule has 0 radical (unpaired) electrons. The highest BCUT2D eigenvalue weighted by Gasteiger charge is 2.33. The summed E-state index contributed by atoms with van der Waals surface area (Å²) in [6.45, 7) is 3.92. The number of nitrogens with zero attached hydrogens (tertiary/aromatic N) is 2. The van der Waals surface area contributed by atoms with E-state index in [2.05, 4.69) is 32.3 Å². The summed E-state index contributed by atoms with van der Waals surface area (Å²) in [7, 11) is 0. The third-order valence-electron chi connectivity index (χ3n) is 5.49. The zero-order valence-electron chi connectivity index (χ0n) is 17.3. The van der Waals surface area contributed by atoms with Crippen LogP contribution in [0.5, 0.6) is 0 Å². The molecule has 1 saturated heterocycles. The van der Waals surface area contributed by atoms with Crippen LogP contribution in [-0.2, 0) is 17.8 Å². The molecule has 7 heteroatoms. The second kappa shape index (κ2) is 9.22. The van der Waals surface area contributed by atoms with Crippen molar-refractivity contribution in [3.05, 3.63) is 99.5 Å². The van der Waals surface area contributed by atoms with Crippen molar-refractivity contribution in [3.63, 3.8) is 0 Å². The van der Waals surface area contributed by atoms with Crippen molar-refractivity contribution in [2.45, 2.75) is 25.9 Å². The van der Waals surface area contributed by atoms with Crippen molar-refractivity contribution < 1.29 is 9.18 Å². The fourth-order valence-corrected chi connectivity index (χ4v) is 3.90. The topological polar surface area (TPSA) is 78.1 Å². The normalized spacial score (nSPS) is 15.3. The SMILES string of the molecule is Cc1nc(CC(NC(=O)C2CN(Cc3ccccc3)C2)c2ccc(F)cc2)cc(=O)[nH]1. The first kappa shape index (κ1) is 20.9. The van der Waals surface area contributed by atoms with Gasteiger partial charge in [-0.2, -0.15) is 0 Å². The Kier molecular flexibility index (Phi) is 6.23. The standard InChI is InChI=1S/C24H25FN4O2/c1-16-26-21(12-23(30)27-16)11-22(18-7-9-20(25)10-8-18)28-24(31)19-14-29(15-19)13-17-5-3-2-4-6-17/h2-10,12,19,22H,11,13-15H2,1H3,(H,28,31)(H,26,27,30). The fourth-order valence-electron chi connectivity index (χ4n) is 3.90.